The maximum Gasteiger partial charge on any atom is 0.187 e. The third-order valence-corrected chi connectivity index (χ3v) is 3.46. The molecule has 1 aromatic carbocycles. The average Bonchev–Trinajstić information content (AvgIpc) is 2.48. The van der Waals surface area contributed by atoms with Crippen molar-refractivity contribution in [2.24, 2.45) is 0 Å². The zero-order valence-electron chi connectivity index (χ0n) is 11.2. The first-order chi connectivity index (χ1) is 9.54. The van der Waals surface area contributed by atoms with Gasteiger partial charge in [-0.25, -0.2) is 0 Å². The van der Waals surface area contributed by atoms with Crippen molar-refractivity contribution in [3.63, 3.8) is 0 Å². The number of benzene rings is 1. The molecule has 1 heterocycles. The maximum absolute atomic E-state index is 9.88. The Bertz CT molecular complexity index is 409. The molecule has 0 amide bonds. The molecule has 0 saturated carbocycles. The van der Waals surface area contributed by atoms with Crippen molar-refractivity contribution in [2.45, 2.75) is 43.7 Å². The van der Waals surface area contributed by atoms with Crippen LogP contribution in [0.5, 0.6) is 0 Å². The lowest BCUT2D eigenvalue weighted by atomic mass is 9.99. The number of hydrogen-bond donors (Lipinski definition) is 4. The van der Waals surface area contributed by atoms with Crippen LogP contribution < -0.4 is 0 Å². The van der Waals surface area contributed by atoms with Crippen molar-refractivity contribution in [1.29, 1.82) is 0 Å². The topological polar surface area (TPSA) is 99.4 Å². The van der Waals surface area contributed by atoms with E-state index in [1.165, 1.54) is 0 Å². The number of aliphatic hydroxyl groups excluding tert-OH is 4. The Morgan fingerprint density at radius 1 is 1.10 bits per heavy atom. The normalized spacial score (nSPS) is 35.8. The zero-order chi connectivity index (χ0) is 14.7. The second kappa shape index (κ2) is 6.62. The quantitative estimate of drug-likeness (QED) is 0.598. The highest BCUT2D eigenvalue weighted by molar-refractivity contribution is 5.16. The van der Waals surface area contributed by atoms with E-state index >= 15 is 0 Å². The van der Waals surface area contributed by atoms with E-state index in [4.69, 9.17) is 14.6 Å². The summed E-state index contributed by atoms with van der Waals surface area (Å²) in [6.45, 7) is 1.32. The summed E-state index contributed by atoms with van der Waals surface area (Å²) in [4.78, 5) is 0. The summed E-state index contributed by atoms with van der Waals surface area (Å²) in [5, 5.41) is 38.3. The monoisotopic (exact) mass is 284 g/mol. The fourth-order valence-electron chi connectivity index (χ4n) is 2.18. The molecule has 0 unspecified atom stereocenters. The molecule has 0 bridgehead atoms. The fourth-order valence-corrected chi connectivity index (χ4v) is 2.18. The molecule has 6 nitrogen and oxygen atoms in total. The van der Waals surface area contributed by atoms with Gasteiger partial charge < -0.3 is 29.9 Å². The molecular weight excluding hydrogens is 264 g/mol. The van der Waals surface area contributed by atoms with Crippen LogP contribution in [0.4, 0.5) is 0 Å². The summed E-state index contributed by atoms with van der Waals surface area (Å²) in [6.07, 6.45) is -6.60. The van der Waals surface area contributed by atoms with Crippen molar-refractivity contribution >= 4 is 0 Å². The molecule has 1 aromatic rings. The van der Waals surface area contributed by atoms with Gasteiger partial charge in [-0.05, 0) is 12.5 Å². The molecule has 4 N–H and O–H groups in total. The smallest absolute Gasteiger partial charge is 0.187 e. The average molecular weight is 284 g/mol. The van der Waals surface area contributed by atoms with E-state index in [-0.39, 0.29) is 6.10 Å². The van der Waals surface area contributed by atoms with Crippen LogP contribution in [-0.2, 0) is 9.47 Å². The van der Waals surface area contributed by atoms with Gasteiger partial charge in [0.15, 0.2) is 6.29 Å². The van der Waals surface area contributed by atoms with E-state index < -0.39 is 37.3 Å². The Hall–Kier alpha value is -1.02. The minimum atomic E-state index is -1.42. The van der Waals surface area contributed by atoms with E-state index in [1.54, 1.807) is 6.92 Å². The summed E-state index contributed by atoms with van der Waals surface area (Å²) in [5.41, 5.74) is 0.893. The Kier molecular flexibility index (Phi) is 5.09. The standard InChI is InChI=1S/C14H20O6/c1-8(9-5-3-2-4-6-9)19-14-13(18)12(17)11(16)10(7-15)20-14/h2-6,8,10-18H,7H2,1H3/t8-,10+,11-,12-,13+,14+/m0/s1. The summed E-state index contributed by atoms with van der Waals surface area (Å²) in [6, 6.07) is 9.35. The molecule has 6 atom stereocenters. The van der Waals surface area contributed by atoms with E-state index in [0.29, 0.717) is 0 Å². The van der Waals surface area contributed by atoms with Crippen LogP contribution in [0.25, 0.3) is 0 Å². The van der Waals surface area contributed by atoms with Gasteiger partial charge in [0, 0.05) is 0 Å². The van der Waals surface area contributed by atoms with E-state index in [0.717, 1.165) is 5.56 Å². The summed E-state index contributed by atoms with van der Waals surface area (Å²) < 4.78 is 10.9. The third kappa shape index (κ3) is 3.17. The first-order valence-corrected chi connectivity index (χ1v) is 6.55. The first-order valence-electron chi connectivity index (χ1n) is 6.55. The van der Waals surface area contributed by atoms with Gasteiger partial charge in [-0.2, -0.15) is 0 Å². The fraction of sp³-hybridized carbons (Fsp3) is 0.571. The maximum atomic E-state index is 9.88. The second-order valence-electron chi connectivity index (χ2n) is 4.89. The lowest BCUT2D eigenvalue weighted by Gasteiger charge is -2.40. The molecule has 1 aliphatic rings. The lowest BCUT2D eigenvalue weighted by molar-refractivity contribution is -0.311. The highest BCUT2D eigenvalue weighted by Gasteiger charge is 2.44. The predicted molar refractivity (Wildman–Crippen MR) is 69.7 cm³/mol. The third-order valence-electron chi connectivity index (χ3n) is 3.46. The number of aliphatic hydroxyl groups is 4. The Morgan fingerprint density at radius 2 is 1.75 bits per heavy atom. The number of ether oxygens (including phenoxy) is 2. The molecule has 1 aliphatic heterocycles. The van der Waals surface area contributed by atoms with Gasteiger partial charge in [0.25, 0.3) is 0 Å². The summed E-state index contributed by atoms with van der Waals surface area (Å²) >= 11 is 0. The number of hydrogen-bond acceptors (Lipinski definition) is 6. The van der Waals surface area contributed by atoms with Crippen molar-refractivity contribution in [2.75, 3.05) is 6.61 Å². The van der Waals surface area contributed by atoms with Gasteiger partial charge in [-0.3, -0.25) is 0 Å². The van der Waals surface area contributed by atoms with Gasteiger partial charge in [0.2, 0.25) is 0 Å². The molecule has 2 rings (SSSR count). The van der Waals surface area contributed by atoms with Crippen molar-refractivity contribution in [1.82, 2.24) is 0 Å². The second-order valence-corrected chi connectivity index (χ2v) is 4.89. The van der Waals surface area contributed by atoms with Gasteiger partial charge >= 0.3 is 0 Å². The van der Waals surface area contributed by atoms with Gasteiger partial charge in [0.05, 0.1) is 12.7 Å². The van der Waals surface area contributed by atoms with Crippen LogP contribution in [0.3, 0.4) is 0 Å². The van der Waals surface area contributed by atoms with Gasteiger partial charge in [-0.1, -0.05) is 30.3 Å². The molecule has 0 aliphatic carbocycles. The summed E-state index contributed by atoms with van der Waals surface area (Å²) in [5.74, 6) is 0. The SMILES string of the molecule is C[C@H](O[C@@H]1O[C@H](CO)[C@H](O)[C@H](O)[C@H]1O)c1ccccc1. The largest absolute Gasteiger partial charge is 0.394 e. The first kappa shape index (κ1) is 15.4. The van der Waals surface area contributed by atoms with Crippen LogP contribution in [0.2, 0.25) is 0 Å². The lowest BCUT2D eigenvalue weighted by Crippen LogP contribution is -2.59. The van der Waals surface area contributed by atoms with Crippen LogP contribution in [0.1, 0.15) is 18.6 Å². The van der Waals surface area contributed by atoms with Crippen LogP contribution >= 0.6 is 0 Å². The Balaban J connectivity index is 2.04. The molecule has 0 radical (unpaired) electrons. The minimum Gasteiger partial charge on any atom is -0.394 e. The van der Waals surface area contributed by atoms with Crippen LogP contribution in [-0.4, -0.2) is 57.7 Å². The molecule has 0 spiro atoms. The van der Waals surface area contributed by atoms with Crippen LogP contribution in [0.15, 0.2) is 30.3 Å². The van der Waals surface area contributed by atoms with Crippen molar-refractivity contribution in [3.8, 4) is 0 Å². The Labute approximate surface area is 117 Å². The van der Waals surface area contributed by atoms with Crippen LogP contribution in [0, 0.1) is 0 Å². The molecule has 6 heteroatoms. The molecule has 112 valence electrons. The molecule has 20 heavy (non-hydrogen) atoms. The Morgan fingerprint density at radius 3 is 2.35 bits per heavy atom. The predicted octanol–water partition coefficient (Wildman–Crippen LogP) is -0.436. The zero-order valence-corrected chi connectivity index (χ0v) is 11.2. The summed E-state index contributed by atoms with van der Waals surface area (Å²) in [7, 11) is 0. The van der Waals surface area contributed by atoms with E-state index in [1.807, 2.05) is 30.3 Å². The minimum absolute atomic E-state index is 0.363. The molecule has 0 aromatic heterocycles. The molecular formula is C14H20O6. The van der Waals surface area contributed by atoms with Gasteiger partial charge in [-0.15, -0.1) is 0 Å². The van der Waals surface area contributed by atoms with Gasteiger partial charge in [0.1, 0.15) is 24.4 Å². The number of rotatable bonds is 4. The highest BCUT2D eigenvalue weighted by Crippen LogP contribution is 2.26. The van der Waals surface area contributed by atoms with Crippen molar-refractivity contribution < 1.29 is 29.9 Å². The molecule has 1 fully saturated rings. The van der Waals surface area contributed by atoms with Crippen molar-refractivity contribution in [3.05, 3.63) is 35.9 Å². The van der Waals surface area contributed by atoms with E-state index in [9.17, 15) is 15.3 Å². The van der Waals surface area contributed by atoms with E-state index in [2.05, 4.69) is 0 Å². The highest BCUT2D eigenvalue weighted by atomic mass is 16.7. The molecule has 1 saturated heterocycles.